The Morgan fingerprint density at radius 3 is 2.68 bits per heavy atom. The molecule has 2 unspecified atom stereocenters. The van der Waals surface area contributed by atoms with Crippen molar-refractivity contribution >= 4 is 52.9 Å². The van der Waals surface area contributed by atoms with Crippen LogP contribution in [0.1, 0.15) is 37.0 Å². The first-order valence-electron chi connectivity index (χ1n) is 8.08. The van der Waals surface area contributed by atoms with Gasteiger partial charge in [0.15, 0.2) is 5.96 Å². The lowest BCUT2D eigenvalue weighted by Gasteiger charge is -2.17. The van der Waals surface area contributed by atoms with Gasteiger partial charge < -0.3 is 15.7 Å². The summed E-state index contributed by atoms with van der Waals surface area (Å²) in [5.74, 6) is 1.06. The number of nitrogens with one attached hydrogen (secondary N) is 2. The summed E-state index contributed by atoms with van der Waals surface area (Å²) in [6.45, 7) is 5.98. The SMILES string of the molecule is CCNC(=NCC(C)c1ccsc1)NCC(O)c1ccccc1Cl.I. The molecule has 0 aliphatic carbocycles. The summed E-state index contributed by atoms with van der Waals surface area (Å²) in [6.07, 6.45) is -0.683. The second-order valence-corrected chi connectivity index (χ2v) is 6.78. The van der Waals surface area contributed by atoms with E-state index in [1.54, 1.807) is 17.4 Å². The zero-order valence-electron chi connectivity index (χ0n) is 14.4. The number of aliphatic hydroxyl groups is 1. The van der Waals surface area contributed by atoms with Crippen LogP contribution in [0, 0.1) is 0 Å². The Hall–Kier alpha value is -0.830. The minimum absolute atomic E-state index is 0. The molecule has 0 radical (unpaired) electrons. The van der Waals surface area contributed by atoms with Gasteiger partial charge in [0.2, 0.25) is 0 Å². The summed E-state index contributed by atoms with van der Waals surface area (Å²) in [4.78, 5) is 4.61. The van der Waals surface area contributed by atoms with E-state index in [1.807, 2.05) is 25.1 Å². The second-order valence-electron chi connectivity index (χ2n) is 5.60. The molecule has 1 aromatic heterocycles. The highest BCUT2D eigenvalue weighted by atomic mass is 127. The minimum Gasteiger partial charge on any atom is -0.387 e. The van der Waals surface area contributed by atoms with Crippen molar-refractivity contribution in [2.24, 2.45) is 4.99 Å². The number of benzene rings is 1. The van der Waals surface area contributed by atoms with E-state index in [0.29, 0.717) is 35.6 Å². The molecule has 3 N–H and O–H groups in total. The molecule has 0 aliphatic heterocycles. The number of guanidine groups is 1. The van der Waals surface area contributed by atoms with Gasteiger partial charge in [0.1, 0.15) is 0 Å². The predicted molar refractivity (Wildman–Crippen MR) is 119 cm³/mol. The molecule has 1 heterocycles. The molecule has 0 saturated carbocycles. The molecule has 0 fully saturated rings. The van der Waals surface area contributed by atoms with Gasteiger partial charge in [-0.2, -0.15) is 11.3 Å². The summed E-state index contributed by atoms with van der Waals surface area (Å²) >= 11 is 7.82. The number of thiophene rings is 1. The summed E-state index contributed by atoms with van der Waals surface area (Å²) in [5, 5.41) is 21.5. The van der Waals surface area contributed by atoms with E-state index in [-0.39, 0.29) is 24.0 Å². The summed E-state index contributed by atoms with van der Waals surface area (Å²) in [6, 6.07) is 9.46. The van der Waals surface area contributed by atoms with Gasteiger partial charge in [0, 0.05) is 36.1 Å². The van der Waals surface area contributed by atoms with Gasteiger partial charge in [-0.3, -0.25) is 4.99 Å². The molecule has 7 heteroatoms. The van der Waals surface area contributed by atoms with E-state index in [4.69, 9.17) is 11.6 Å². The molecule has 0 aliphatic rings. The highest BCUT2D eigenvalue weighted by Gasteiger charge is 2.12. The number of halogens is 2. The van der Waals surface area contributed by atoms with Gasteiger partial charge in [0.25, 0.3) is 0 Å². The third-order valence-corrected chi connectivity index (χ3v) is 4.75. The van der Waals surface area contributed by atoms with Crippen molar-refractivity contribution in [3.63, 3.8) is 0 Å². The number of hydrogen-bond donors (Lipinski definition) is 3. The van der Waals surface area contributed by atoms with Crippen LogP contribution in [-0.2, 0) is 0 Å². The van der Waals surface area contributed by atoms with Crippen LogP contribution in [0.15, 0.2) is 46.1 Å². The van der Waals surface area contributed by atoms with Crippen molar-refractivity contribution < 1.29 is 5.11 Å². The Bertz CT molecular complexity index is 652. The van der Waals surface area contributed by atoms with Crippen molar-refractivity contribution in [1.82, 2.24) is 10.6 Å². The first kappa shape index (κ1) is 22.2. The van der Waals surface area contributed by atoms with E-state index in [1.165, 1.54) is 5.56 Å². The second kappa shape index (κ2) is 11.7. The molecule has 2 rings (SSSR count). The van der Waals surface area contributed by atoms with Gasteiger partial charge in [-0.15, -0.1) is 24.0 Å². The third kappa shape index (κ3) is 7.13. The molecule has 2 atom stereocenters. The summed E-state index contributed by atoms with van der Waals surface area (Å²) in [5.41, 5.74) is 2.02. The first-order chi connectivity index (χ1) is 11.6. The summed E-state index contributed by atoms with van der Waals surface area (Å²) in [7, 11) is 0. The van der Waals surface area contributed by atoms with E-state index >= 15 is 0 Å². The molecule has 0 amide bonds. The van der Waals surface area contributed by atoms with Crippen LogP contribution in [0.5, 0.6) is 0 Å². The molecular weight excluding hydrogens is 469 g/mol. The van der Waals surface area contributed by atoms with E-state index < -0.39 is 6.10 Å². The fraction of sp³-hybridized carbons (Fsp3) is 0.389. The van der Waals surface area contributed by atoms with Gasteiger partial charge in [-0.25, -0.2) is 0 Å². The Morgan fingerprint density at radius 2 is 2.04 bits per heavy atom. The highest BCUT2D eigenvalue weighted by Crippen LogP contribution is 2.22. The molecular formula is C18H25ClIN3OS. The zero-order valence-corrected chi connectivity index (χ0v) is 18.3. The van der Waals surface area contributed by atoms with Crippen molar-refractivity contribution in [1.29, 1.82) is 0 Å². The highest BCUT2D eigenvalue weighted by molar-refractivity contribution is 14.0. The van der Waals surface area contributed by atoms with Crippen LogP contribution >= 0.6 is 46.9 Å². The van der Waals surface area contributed by atoms with Crippen LogP contribution in [0.25, 0.3) is 0 Å². The normalized spacial score (nSPS) is 13.7. The number of aliphatic imine (C=N–C) groups is 1. The number of nitrogens with zero attached hydrogens (tertiary/aromatic N) is 1. The van der Waals surface area contributed by atoms with E-state index in [0.717, 1.165) is 6.54 Å². The molecule has 0 bridgehead atoms. The molecule has 0 spiro atoms. The lowest BCUT2D eigenvalue weighted by atomic mass is 10.1. The topological polar surface area (TPSA) is 56.7 Å². The quantitative estimate of drug-likeness (QED) is 0.304. The van der Waals surface area contributed by atoms with Crippen LogP contribution in [0.2, 0.25) is 5.02 Å². The summed E-state index contributed by atoms with van der Waals surface area (Å²) < 4.78 is 0. The van der Waals surface area contributed by atoms with Crippen LogP contribution in [-0.4, -0.2) is 30.7 Å². The van der Waals surface area contributed by atoms with Gasteiger partial charge in [0.05, 0.1) is 6.10 Å². The molecule has 4 nitrogen and oxygen atoms in total. The van der Waals surface area contributed by atoms with Crippen molar-refractivity contribution in [3.8, 4) is 0 Å². The van der Waals surface area contributed by atoms with E-state index in [2.05, 4.69) is 39.4 Å². The average Bonchev–Trinajstić information content (AvgIpc) is 3.12. The van der Waals surface area contributed by atoms with Crippen LogP contribution in [0.4, 0.5) is 0 Å². The smallest absolute Gasteiger partial charge is 0.191 e. The number of aliphatic hydroxyl groups excluding tert-OH is 1. The van der Waals surface area contributed by atoms with Crippen molar-refractivity contribution in [2.75, 3.05) is 19.6 Å². The average molecular weight is 494 g/mol. The molecule has 2 aromatic rings. The fourth-order valence-corrected chi connectivity index (χ4v) is 3.32. The molecule has 0 saturated heterocycles. The lowest BCUT2D eigenvalue weighted by Crippen LogP contribution is -2.39. The standard InChI is InChI=1S/C18H24ClN3OS.HI/c1-3-20-18(21-10-13(2)14-8-9-24-12-14)22-11-17(23)15-6-4-5-7-16(15)19;/h4-9,12-13,17,23H,3,10-11H2,1-2H3,(H2,20,21,22);1H. The minimum atomic E-state index is -0.683. The molecule has 25 heavy (non-hydrogen) atoms. The Morgan fingerprint density at radius 1 is 1.28 bits per heavy atom. The Labute approximate surface area is 175 Å². The lowest BCUT2D eigenvalue weighted by molar-refractivity contribution is 0.181. The fourth-order valence-electron chi connectivity index (χ4n) is 2.28. The maximum absolute atomic E-state index is 10.3. The number of hydrogen-bond acceptors (Lipinski definition) is 3. The maximum Gasteiger partial charge on any atom is 0.191 e. The van der Waals surface area contributed by atoms with Crippen LogP contribution < -0.4 is 10.6 Å². The Balaban J connectivity index is 0.00000312. The van der Waals surface area contributed by atoms with Crippen molar-refractivity contribution in [2.45, 2.75) is 25.9 Å². The third-order valence-electron chi connectivity index (χ3n) is 3.71. The van der Waals surface area contributed by atoms with Gasteiger partial charge in [-0.1, -0.05) is 36.7 Å². The van der Waals surface area contributed by atoms with Gasteiger partial charge >= 0.3 is 0 Å². The maximum atomic E-state index is 10.3. The Kier molecular flexibility index (Phi) is 10.4. The molecule has 1 aromatic carbocycles. The predicted octanol–water partition coefficient (Wildman–Crippen LogP) is 4.41. The van der Waals surface area contributed by atoms with Crippen molar-refractivity contribution in [3.05, 3.63) is 57.2 Å². The monoisotopic (exact) mass is 493 g/mol. The molecule has 138 valence electrons. The first-order valence-corrected chi connectivity index (χ1v) is 9.40. The van der Waals surface area contributed by atoms with Gasteiger partial charge in [-0.05, 0) is 35.4 Å². The zero-order chi connectivity index (χ0) is 17.4. The van der Waals surface area contributed by atoms with E-state index in [9.17, 15) is 5.11 Å². The largest absolute Gasteiger partial charge is 0.387 e. The number of rotatable bonds is 7. The van der Waals surface area contributed by atoms with Crippen LogP contribution in [0.3, 0.4) is 0 Å².